The predicted octanol–water partition coefficient (Wildman–Crippen LogP) is 2.40. The molecule has 21 heavy (non-hydrogen) atoms. The molecule has 0 bridgehead atoms. The van der Waals surface area contributed by atoms with E-state index in [1.165, 1.54) is 5.56 Å². The lowest BCUT2D eigenvalue weighted by Gasteiger charge is -2.23. The normalized spacial score (nSPS) is 17.1. The second-order valence-corrected chi connectivity index (χ2v) is 5.42. The van der Waals surface area contributed by atoms with E-state index in [4.69, 9.17) is 4.74 Å². The van der Waals surface area contributed by atoms with Gasteiger partial charge in [0.2, 0.25) is 5.91 Å². The summed E-state index contributed by atoms with van der Waals surface area (Å²) in [4.78, 5) is 13.9. The van der Waals surface area contributed by atoms with Crippen molar-refractivity contribution in [2.45, 2.75) is 32.2 Å². The number of nitrogens with one attached hydrogen (secondary N) is 1. The summed E-state index contributed by atoms with van der Waals surface area (Å²) in [6.07, 6.45) is 2.37. The van der Waals surface area contributed by atoms with Gasteiger partial charge in [-0.05, 0) is 44.0 Å². The molecular weight excluding hydrogens is 288 g/mol. The van der Waals surface area contributed by atoms with Gasteiger partial charge >= 0.3 is 0 Å². The third-order valence-corrected chi connectivity index (χ3v) is 3.77. The van der Waals surface area contributed by atoms with E-state index < -0.39 is 0 Å². The molecule has 1 aliphatic heterocycles. The van der Waals surface area contributed by atoms with Crippen molar-refractivity contribution in [3.63, 3.8) is 0 Å². The minimum atomic E-state index is 0. The Morgan fingerprint density at radius 3 is 2.95 bits per heavy atom. The first-order valence-corrected chi connectivity index (χ1v) is 7.32. The van der Waals surface area contributed by atoms with Crippen LogP contribution in [-0.2, 0) is 4.79 Å². The topological polar surface area (TPSA) is 41.6 Å². The number of ether oxygens (including phenoxy) is 1. The highest BCUT2D eigenvalue weighted by molar-refractivity contribution is 5.85. The molecule has 5 heteroatoms. The number of likely N-dealkylation sites (N-methyl/N-ethyl adjacent to an activating group) is 1. The number of rotatable bonds is 6. The van der Waals surface area contributed by atoms with Crippen LogP contribution in [0.5, 0.6) is 5.75 Å². The average Bonchev–Trinajstić information content (AvgIpc) is 2.96. The van der Waals surface area contributed by atoms with E-state index in [1.807, 2.05) is 43.1 Å². The van der Waals surface area contributed by atoms with Crippen LogP contribution < -0.4 is 10.1 Å². The summed E-state index contributed by atoms with van der Waals surface area (Å²) in [7, 11) is 1.90. The molecule has 0 aliphatic carbocycles. The number of carbonyl (C=O) groups is 1. The van der Waals surface area contributed by atoms with E-state index in [2.05, 4.69) is 5.32 Å². The van der Waals surface area contributed by atoms with Gasteiger partial charge in [-0.1, -0.05) is 12.1 Å². The molecule has 4 nitrogen and oxygen atoms in total. The summed E-state index contributed by atoms with van der Waals surface area (Å²) in [6.45, 7) is 4.56. The Labute approximate surface area is 133 Å². The molecule has 1 fully saturated rings. The Kier molecular flexibility index (Phi) is 7.54. The highest BCUT2D eigenvalue weighted by Gasteiger charge is 2.22. The Balaban J connectivity index is 0.00000220. The van der Waals surface area contributed by atoms with E-state index in [0.717, 1.165) is 31.7 Å². The van der Waals surface area contributed by atoms with Gasteiger partial charge in [0.05, 0.1) is 6.61 Å². The van der Waals surface area contributed by atoms with Crippen LogP contribution in [-0.4, -0.2) is 43.6 Å². The molecule has 1 unspecified atom stereocenters. The minimum Gasteiger partial charge on any atom is -0.494 e. The third kappa shape index (κ3) is 5.56. The second-order valence-electron chi connectivity index (χ2n) is 5.42. The summed E-state index contributed by atoms with van der Waals surface area (Å²) in [6, 6.07) is 8.35. The number of halogens is 1. The Bertz CT molecular complexity index is 448. The Hall–Kier alpha value is -1.26. The second kappa shape index (κ2) is 8.90. The largest absolute Gasteiger partial charge is 0.494 e. The first kappa shape index (κ1) is 17.8. The molecule has 0 saturated carbocycles. The lowest BCUT2D eigenvalue weighted by atomic mass is 10.2. The number of aryl methyl sites for hydroxylation is 1. The Morgan fingerprint density at radius 2 is 2.29 bits per heavy atom. The summed E-state index contributed by atoms with van der Waals surface area (Å²) < 4.78 is 5.66. The maximum atomic E-state index is 12.0. The van der Waals surface area contributed by atoms with Gasteiger partial charge in [0.1, 0.15) is 5.75 Å². The molecule has 0 spiro atoms. The zero-order chi connectivity index (χ0) is 14.4. The first-order chi connectivity index (χ1) is 9.66. The molecule has 1 atom stereocenters. The van der Waals surface area contributed by atoms with Crippen LogP contribution in [0.2, 0.25) is 0 Å². The summed E-state index contributed by atoms with van der Waals surface area (Å²) in [5, 5.41) is 3.28. The van der Waals surface area contributed by atoms with E-state index in [1.54, 1.807) is 0 Å². The summed E-state index contributed by atoms with van der Waals surface area (Å²) >= 11 is 0. The lowest BCUT2D eigenvalue weighted by molar-refractivity contribution is -0.131. The maximum absolute atomic E-state index is 12.0. The van der Waals surface area contributed by atoms with Gasteiger partial charge in [-0.2, -0.15) is 0 Å². The van der Waals surface area contributed by atoms with E-state index >= 15 is 0 Å². The van der Waals surface area contributed by atoms with E-state index in [9.17, 15) is 4.79 Å². The smallest absolute Gasteiger partial charge is 0.222 e. The van der Waals surface area contributed by atoms with Crippen molar-refractivity contribution < 1.29 is 9.53 Å². The van der Waals surface area contributed by atoms with Crippen molar-refractivity contribution in [1.29, 1.82) is 0 Å². The quantitative estimate of drug-likeness (QED) is 0.820. The number of nitrogens with zero attached hydrogens (tertiary/aromatic N) is 1. The average molecular weight is 313 g/mol. The zero-order valence-corrected chi connectivity index (χ0v) is 13.6. The predicted molar refractivity (Wildman–Crippen MR) is 87.2 cm³/mol. The van der Waals surface area contributed by atoms with Crippen LogP contribution in [0.15, 0.2) is 24.3 Å². The van der Waals surface area contributed by atoms with Gasteiger partial charge in [0, 0.05) is 26.1 Å². The third-order valence-electron chi connectivity index (χ3n) is 3.77. The maximum Gasteiger partial charge on any atom is 0.222 e. The SMILES string of the molecule is Cc1cccc(OCCCC(=O)N(C)C2CCNC2)c1.Cl. The summed E-state index contributed by atoms with van der Waals surface area (Å²) in [5.74, 6) is 1.09. The standard InChI is InChI=1S/C16H24N2O2.ClH/c1-13-5-3-6-15(11-13)20-10-4-7-16(19)18(2)14-8-9-17-12-14;/h3,5-6,11,14,17H,4,7-10,12H2,1-2H3;1H. The van der Waals surface area contributed by atoms with Crippen LogP contribution in [0.4, 0.5) is 0 Å². The lowest BCUT2D eigenvalue weighted by Crippen LogP contribution is -2.38. The molecule has 0 aromatic heterocycles. The molecular formula is C16H25ClN2O2. The number of benzene rings is 1. The van der Waals surface area contributed by atoms with Crippen molar-refractivity contribution in [3.05, 3.63) is 29.8 Å². The van der Waals surface area contributed by atoms with E-state index in [0.29, 0.717) is 19.1 Å². The number of hydrogen-bond acceptors (Lipinski definition) is 3. The monoisotopic (exact) mass is 312 g/mol. The first-order valence-electron chi connectivity index (χ1n) is 7.32. The van der Waals surface area contributed by atoms with Crippen molar-refractivity contribution in [2.75, 3.05) is 26.7 Å². The van der Waals surface area contributed by atoms with Crippen LogP contribution >= 0.6 is 12.4 Å². The Morgan fingerprint density at radius 1 is 1.48 bits per heavy atom. The summed E-state index contributed by atoms with van der Waals surface area (Å²) in [5.41, 5.74) is 1.19. The van der Waals surface area contributed by atoms with Gasteiger partial charge in [0.15, 0.2) is 0 Å². The number of amides is 1. The molecule has 1 saturated heterocycles. The van der Waals surface area contributed by atoms with Crippen molar-refractivity contribution in [3.8, 4) is 5.75 Å². The molecule has 118 valence electrons. The minimum absolute atomic E-state index is 0. The van der Waals surface area contributed by atoms with Gasteiger partial charge in [-0.25, -0.2) is 0 Å². The molecule has 1 aliphatic rings. The van der Waals surface area contributed by atoms with Crippen molar-refractivity contribution >= 4 is 18.3 Å². The van der Waals surface area contributed by atoms with Crippen LogP contribution in [0, 0.1) is 6.92 Å². The fourth-order valence-electron chi connectivity index (χ4n) is 2.47. The van der Waals surface area contributed by atoms with Gasteiger partial charge in [0.25, 0.3) is 0 Å². The number of hydrogen-bond donors (Lipinski definition) is 1. The van der Waals surface area contributed by atoms with Crippen molar-refractivity contribution in [1.82, 2.24) is 10.2 Å². The zero-order valence-electron chi connectivity index (χ0n) is 12.8. The highest BCUT2D eigenvalue weighted by atomic mass is 35.5. The van der Waals surface area contributed by atoms with Crippen molar-refractivity contribution in [2.24, 2.45) is 0 Å². The van der Waals surface area contributed by atoms with Gasteiger partial charge < -0.3 is 15.0 Å². The highest BCUT2D eigenvalue weighted by Crippen LogP contribution is 2.13. The molecule has 1 amide bonds. The number of carbonyl (C=O) groups excluding carboxylic acids is 1. The van der Waals surface area contributed by atoms with E-state index in [-0.39, 0.29) is 18.3 Å². The van der Waals surface area contributed by atoms with Crippen LogP contribution in [0.1, 0.15) is 24.8 Å². The fraction of sp³-hybridized carbons (Fsp3) is 0.562. The molecule has 1 aromatic rings. The molecule has 0 radical (unpaired) electrons. The molecule has 2 rings (SSSR count). The van der Waals surface area contributed by atoms with Crippen LogP contribution in [0.25, 0.3) is 0 Å². The molecule has 1 N–H and O–H groups in total. The molecule has 1 heterocycles. The molecule has 1 aromatic carbocycles. The van der Waals surface area contributed by atoms with Gasteiger partial charge in [-0.3, -0.25) is 4.79 Å². The van der Waals surface area contributed by atoms with Gasteiger partial charge in [-0.15, -0.1) is 12.4 Å². The fourth-order valence-corrected chi connectivity index (χ4v) is 2.47. The van der Waals surface area contributed by atoms with Crippen LogP contribution in [0.3, 0.4) is 0 Å².